The number of piperidine rings is 1. The standard InChI is InChI=1S/C14H19N3O4S/c18-17(19)13-2-1-3-14(10-13)22(20,21)15-11-6-8-16(9-7-11)12-4-5-12/h1-3,10-12,15H,4-9H2. The van der Waals surface area contributed by atoms with Crippen LogP contribution in [0.5, 0.6) is 0 Å². The van der Waals surface area contributed by atoms with Gasteiger partial charge >= 0.3 is 0 Å². The van der Waals surface area contributed by atoms with Gasteiger partial charge in [-0.05, 0) is 44.8 Å². The maximum atomic E-state index is 12.4. The van der Waals surface area contributed by atoms with E-state index in [2.05, 4.69) is 9.62 Å². The zero-order valence-electron chi connectivity index (χ0n) is 12.1. The minimum atomic E-state index is -3.71. The number of nitrogens with zero attached hydrogens (tertiary/aromatic N) is 2. The highest BCUT2D eigenvalue weighted by molar-refractivity contribution is 7.89. The number of rotatable bonds is 5. The molecule has 7 nitrogen and oxygen atoms in total. The molecule has 8 heteroatoms. The second-order valence-corrected chi connectivity index (χ2v) is 7.63. The van der Waals surface area contributed by atoms with E-state index in [0.717, 1.165) is 32.0 Å². The van der Waals surface area contributed by atoms with Crippen molar-refractivity contribution in [3.63, 3.8) is 0 Å². The number of benzene rings is 1. The van der Waals surface area contributed by atoms with Crippen LogP contribution in [0.3, 0.4) is 0 Å². The van der Waals surface area contributed by atoms with E-state index in [1.807, 2.05) is 0 Å². The van der Waals surface area contributed by atoms with Crippen LogP contribution in [0, 0.1) is 10.1 Å². The maximum absolute atomic E-state index is 12.4. The zero-order valence-corrected chi connectivity index (χ0v) is 13.0. The molecule has 0 spiro atoms. The molecular weight excluding hydrogens is 306 g/mol. The molecule has 1 N–H and O–H groups in total. The van der Waals surface area contributed by atoms with Crippen molar-refractivity contribution >= 4 is 15.7 Å². The molecule has 2 aliphatic rings. The summed E-state index contributed by atoms with van der Waals surface area (Å²) in [6.45, 7) is 1.82. The predicted molar refractivity (Wildman–Crippen MR) is 81.0 cm³/mol. The van der Waals surface area contributed by atoms with Crippen molar-refractivity contribution in [2.24, 2.45) is 0 Å². The highest BCUT2D eigenvalue weighted by Gasteiger charge is 2.33. The van der Waals surface area contributed by atoms with Crippen LogP contribution < -0.4 is 4.72 Å². The van der Waals surface area contributed by atoms with E-state index >= 15 is 0 Å². The predicted octanol–water partition coefficient (Wildman–Crippen LogP) is 1.50. The Morgan fingerprint density at radius 2 is 1.86 bits per heavy atom. The molecule has 1 saturated heterocycles. The van der Waals surface area contributed by atoms with Gasteiger partial charge in [0.2, 0.25) is 10.0 Å². The molecule has 1 aliphatic heterocycles. The van der Waals surface area contributed by atoms with E-state index in [-0.39, 0.29) is 16.6 Å². The Labute approximate surface area is 129 Å². The third kappa shape index (κ3) is 3.45. The first kappa shape index (κ1) is 15.4. The molecule has 1 aromatic rings. The molecule has 0 bridgehead atoms. The molecule has 0 radical (unpaired) electrons. The van der Waals surface area contributed by atoms with Crippen molar-refractivity contribution in [2.45, 2.75) is 42.7 Å². The molecule has 0 aromatic heterocycles. The number of hydrogen-bond donors (Lipinski definition) is 1. The molecular formula is C14H19N3O4S. The summed E-state index contributed by atoms with van der Waals surface area (Å²) < 4.78 is 27.4. The minimum absolute atomic E-state index is 0.0497. The minimum Gasteiger partial charge on any atom is -0.300 e. The zero-order chi connectivity index (χ0) is 15.7. The van der Waals surface area contributed by atoms with E-state index in [0.29, 0.717) is 6.04 Å². The fraction of sp³-hybridized carbons (Fsp3) is 0.571. The number of non-ortho nitro benzene ring substituents is 1. The molecule has 0 amide bonds. The van der Waals surface area contributed by atoms with Crippen LogP contribution in [0.15, 0.2) is 29.2 Å². The topological polar surface area (TPSA) is 92.5 Å². The van der Waals surface area contributed by atoms with Gasteiger partial charge in [-0.1, -0.05) is 6.07 Å². The molecule has 3 rings (SSSR count). The summed E-state index contributed by atoms with van der Waals surface area (Å²) in [6, 6.07) is 5.76. The molecule has 1 heterocycles. The van der Waals surface area contributed by atoms with Gasteiger partial charge in [0.1, 0.15) is 0 Å². The van der Waals surface area contributed by atoms with E-state index in [9.17, 15) is 18.5 Å². The Bertz CT molecular complexity index is 664. The fourth-order valence-corrected chi connectivity index (χ4v) is 4.22. The second-order valence-electron chi connectivity index (χ2n) is 5.92. The summed E-state index contributed by atoms with van der Waals surface area (Å²) in [7, 11) is -3.71. The number of likely N-dealkylation sites (tertiary alicyclic amines) is 1. The maximum Gasteiger partial charge on any atom is 0.270 e. The van der Waals surface area contributed by atoms with Crippen LogP contribution in [-0.4, -0.2) is 43.4 Å². The number of sulfonamides is 1. The van der Waals surface area contributed by atoms with Gasteiger partial charge in [0.15, 0.2) is 0 Å². The molecule has 22 heavy (non-hydrogen) atoms. The summed E-state index contributed by atoms with van der Waals surface area (Å²) in [5, 5.41) is 10.8. The van der Waals surface area contributed by atoms with Crippen LogP contribution in [0.4, 0.5) is 5.69 Å². The lowest BCUT2D eigenvalue weighted by Gasteiger charge is -2.32. The van der Waals surface area contributed by atoms with Crippen LogP contribution >= 0.6 is 0 Å². The van der Waals surface area contributed by atoms with Crippen molar-refractivity contribution in [3.8, 4) is 0 Å². The fourth-order valence-electron chi connectivity index (χ4n) is 2.87. The Balaban J connectivity index is 1.66. The van der Waals surface area contributed by atoms with E-state index in [1.165, 1.54) is 31.0 Å². The largest absolute Gasteiger partial charge is 0.300 e. The van der Waals surface area contributed by atoms with Gasteiger partial charge in [0.25, 0.3) is 5.69 Å². The molecule has 2 fully saturated rings. The van der Waals surface area contributed by atoms with Gasteiger partial charge in [-0.3, -0.25) is 10.1 Å². The average Bonchev–Trinajstić information content (AvgIpc) is 3.32. The third-order valence-corrected chi connectivity index (χ3v) is 5.77. The summed E-state index contributed by atoms with van der Waals surface area (Å²) >= 11 is 0. The summed E-state index contributed by atoms with van der Waals surface area (Å²) in [4.78, 5) is 12.5. The van der Waals surface area contributed by atoms with Gasteiger partial charge in [0, 0.05) is 24.2 Å². The third-order valence-electron chi connectivity index (χ3n) is 4.25. The van der Waals surface area contributed by atoms with E-state index < -0.39 is 14.9 Å². The summed E-state index contributed by atoms with van der Waals surface area (Å²) in [5.41, 5.74) is -0.216. The monoisotopic (exact) mass is 325 g/mol. The highest BCUT2D eigenvalue weighted by atomic mass is 32.2. The first-order valence-electron chi connectivity index (χ1n) is 7.46. The molecule has 1 saturated carbocycles. The Hall–Kier alpha value is -1.51. The van der Waals surface area contributed by atoms with Crippen LogP contribution in [0.1, 0.15) is 25.7 Å². The molecule has 1 aliphatic carbocycles. The molecule has 1 aromatic carbocycles. The SMILES string of the molecule is O=[N+]([O-])c1cccc(S(=O)(=O)NC2CCN(C3CC3)CC2)c1. The summed E-state index contributed by atoms with van der Waals surface area (Å²) in [6.07, 6.45) is 4.07. The van der Waals surface area contributed by atoms with E-state index in [4.69, 9.17) is 0 Å². The lowest BCUT2D eigenvalue weighted by Crippen LogP contribution is -2.45. The molecule has 120 valence electrons. The average molecular weight is 325 g/mol. The van der Waals surface area contributed by atoms with Crippen LogP contribution in [-0.2, 0) is 10.0 Å². The smallest absolute Gasteiger partial charge is 0.270 e. The lowest BCUT2D eigenvalue weighted by molar-refractivity contribution is -0.385. The highest BCUT2D eigenvalue weighted by Crippen LogP contribution is 2.29. The number of hydrogen-bond acceptors (Lipinski definition) is 5. The first-order chi connectivity index (χ1) is 10.5. The molecule has 0 atom stereocenters. The van der Waals surface area contributed by atoms with Crippen molar-refractivity contribution < 1.29 is 13.3 Å². The summed E-state index contributed by atoms with van der Waals surface area (Å²) in [5.74, 6) is 0. The Morgan fingerprint density at radius 1 is 1.18 bits per heavy atom. The normalized spacial score (nSPS) is 20.9. The van der Waals surface area contributed by atoms with Gasteiger partial charge in [-0.15, -0.1) is 0 Å². The van der Waals surface area contributed by atoms with Gasteiger partial charge < -0.3 is 4.90 Å². The van der Waals surface area contributed by atoms with Gasteiger partial charge in [-0.2, -0.15) is 0 Å². The number of nitrogens with one attached hydrogen (secondary N) is 1. The lowest BCUT2D eigenvalue weighted by atomic mass is 10.1. The first-order valence-corrected chi connectivity index (χ1v) is 8.95. The van der Waals surface area contributed by atoms with Crippen molar-refractivity contribution in [3.05, 3.63) is 34.4 Å². The van der Waals surface area contributed by atoms with Crippen molar-refractivity contribution in [2.75, 3.05) is 13.1 Å². The quantitative estimate of drug-likeness (QED) is 0.654. The molecule has 0 unspecified atom stereocenters. The second kappa shape index (κ2) is 5.94. The van der Waals surface area contributed by atoms with Gasteiger partial charge in [0.05, 0.1) is 9.82 Å². The number of nitro benzene ring substituents is 1. The van der Waals surface area contributed by atoms with Crippen LogP contribution in [0.25, 0.3) is 0 Å². The van der Waals surface area contributed by atoms with Crippen molar-refractivity contribution in [1.82, 2.24) is 9.62 Å². The van der Waals surface area contributed by atoms with E-state index in [1.54, 1.807) is 0 Å². The Morgan fingerprint density at radius 3 is 2.45 bits per heavy atom. The number of nitro groups is 1. The van der Waals surface area contributed by atoms with Crippen molar-refractivity contribution in [1.29, 1.82) is 0 Å². The van der Waals surface area contributed by atoms with Gasteiger partial charge in [-0.25, -0.2) is 13.1 Å². The Kier molecular flexibility index (Phi) is 4.16. The van der Waals surface area contributed by atoms with Crippen LogP contribution in [0.2, 0.25) is 0 Å².